The molecule has 0 bridgehead atoms. The molecule has 1 saturated heterocycles. The van der Waals surface area contributed by atoms with Gasteiger partial charge in [0.15, 0.2) is 6.23 Å². The minimum Gasteiger partial charge on any atom is -0.444 e. The lowest BCUT2D eigenvalue weighted by atomic mass is 9.93. The molecule has 19 heavy (non-hydrogen) atoms. The molecule has 4 atom stereocenters. The maximum absolute atomic E-state index is 12.2. The van der Waals surface area contributed by atoms with E-state index in [9.17, 15) is 15.0 Å². The molecule has 2 heterocycles. The highest BCUT2D eigenvalue weighted by molar-refractivity contribution is 5.70. The molecule has 0 saturated carbocycles. The molecule has 2 N–H and O–H groups in total. The number of aliphatic hydroxyl groups is 2. The summed E-state index contributed by atoms with van der Waals surface area (Å²) < 4.78 is 10.6. The highest BCUT2D eigenvalue weighted by Gasteiger charge is 2.54. The van der Waals surface area contributed by atoms with Crippen molar-refractivity contribution in [3.63, 3.8) is 0 Å². The van der Waals surface area contributed by atoms with Crippen LogP contribution in [0.3, 0.4) is 0 Å². The lowest BCUT2D eigenvalue weighted by Crippen LogP contribution is -2.60. The number of carbonyl (C=O) groups is 1. The number of aliphatic hydroxyl groups excluding tert-OH is 1. The van der Waals surface area contributed by atoms with Crippen LogP contribution < -0.4 is 0 Å². The van der Waals surface area contributed by atoms with Crippen molar-refractivity contribution < 1.29 is 24.5 Å². The summed E-state index contributed by atoms with van der Waals surface area (Å²) in [5.74, 6) is -1.65. The Hall–Kier alpha value is -1.11. The monoisotopic (exact) mass is 271 g/mol. The van der Waals surface area contributed by atoms with Crippen molar-refractivity contribution in [3.05, 3.63) is 12.2 Å². The molecule has 0 radical (unpaired) electrons. The van der Waals surface area contributed by atoms with Crippen LogP contribution in [0, 0.1) is 5.92 Å². The summed E-state index contributed by atoms with van der Waals surface area (Å²) >= 11 is 0. The Morgan fingerprint density at radius 1 is 1.53 bits per heavy atom. The van der Waals surface area contributed by atoms with E-state index in [1.54, 1.807) is 20.8 Å². The number of hydrogen-bond donors (Lipinski definition) is 2. The van der Waals surface area contributed by atoms with Gasteiger partial charge in [-0.3, -0.25) is 4.90 Å². The summed E-state index contributed by atoms with van der Waals surface area (Å²) in [6.45, 7) is 7.41. The molecule has 1 unspecified atom stereocenters. The van der Waals surface area contributed by atoms with Gasteiger partial charge in [0.25, 0.3) is 0 Å². The van der Waals surface area contributed by atoms with Crippen molar-refractivity contribution in [2.24, 2.45) is 5.92 Å². The normalized spacial score (nSPS) is 38.2. The van der Waals surface area contributed by atoms with Crippen molar-refractivity contribution >= 4 is 6.09 Å². The average Bonchev–Trinajstić information content (AvgIpc) is 2.54. The Labute approximate surface area is 112 Å². The topological polar surface area (TPSA) is 79.2 Å². The molecule has 0 aromatic rings. The van der Waals surface area contributed by atoms with Gasteiger partial charge in [-0.2, -0.15) is 0 Å². The van der Waals surface area contributed by atoms with Crippen LogP contribution in [0.2, 0.25) is 0 Å². The van der Waals surface area contributed by atoms with Crippen molar-refractivity contribution in [1.82, 2.24) is 4.90 Å². The predicted octanol–water partition coefficient (Wildman–Crippen LogP) is 0.835. The summed E-state index contributed by atoms with van der Waals surface area (Å²) in [7, 11) is 0. The molecule has 6 nitrogen and oxygen atoms in total. The van der Waals surface area contributed by atoms with Crippen LogP contribution >= 0.6 is 0 Å². The van der Waals surface area contributed by atoms with Gasteiger partial charge in [0.05, 0.1) is 6.61 Å². The Bertz CT molecular complexity index is 402. The molecule has 0 spiro atoms. The van der Waals surface area contributed by atoms with Gasteiger partial charge in [0.2, 0.25) is 5.79 Å². The molecular weight excluding hydrogens is 250 g/mol. The average molecular weight is 271 g/mol. The zero-order valence-corrected chi connectivity index (χ0v) is 11.7. The van der Waals surface area contributed by atoms with E-state index in [0.29, 0.717) is 6.61 Å². The SMILES string of the molecule is C[C@@H]1CO[C@@]2(O)C=CC(O)N(C(=O)OC(C)(C)C)[C@@H]12. The van der Waals surface area contributed by atoms with Crippen molar-refractivity contribution in [2.45, 2.75) is 51.4 Å². The summed E-state index contributed by atoms with van der Waals surface area (Å²) in [5.41, 5.74) is -0.668. The third-order valence-corrected chi connectivity index (χ3v) is 3.24. The molecule has 0 aliphatic carbocycles. The highest BCUT2D eigenvalue weighted by atomic mass is 16.6. The summed E-state index contributed by atoms with van der Waals surface area (Å²) in [6, 6.07) is -0.651. The maximum atomic E-state index is 12.2. The molecule has 0 aromatic carbocycles. The molecule has 2 aliphatic rings. The fourth-order valence-electron chi connectivity index (χ4n) is 2.49. The van der Waals surface area contributed by atoms with Crippen LogP contribution in [0.15, 0.2) is 12.2 Å². The van der Waals surface area contributed by atoms with Crippen LogP contribution in [0.4, 0.5) is 4.79 Å². The summed E-state index contributed by atoms with van der Waals surface area (Å²) in [4.78, 5) is 13.3. The highest BCUT2D eigenvalue weighted by Crippen LogP contribution is 2.38. The van der Waals surface area contributed by atoms with Gasteiger partial charge in [0.1, 0.15) is 11.6 Å². The molecule has 0 aromatic heterocycles. The molecular formula is C13H21NO5. The van der Waals surface area contributed by atoms with E-state index in [2.05, 4.69) is 0 Å². The zero-order valence-electron chi connectivity index (χ0n) is 11.7. The Morgan fingerprint density at radius 3 is 2.74 bits per heavy atom. The first-order valence-corrected chi connectivity index (χ1v) is 6.39. The lowest BCUT2D eigenvalue weighted by molar-refractivity contribution is -0.181. The van der Waals surface area contributed by atoms with Crippen molar-refractivity contribution in [1.29, 1.82) is 0 Å². The third kappa shape index (κ3) is 2.61. The standard InChI is InChI=1S/C13H21NO5/c1-8-7-18-13(17)6-5-9(15)14(10(8)13)11(16)19-12(2,3)4/h5-6,8-10,15,17H,7H2,1-4H3/t8-,9?,10+,13+/m1/s1. The van der Waals surface area contributed by atoms with Crippen LogP contribution in [0.5, 0.6) is 0 Å². The predicted molar refractivity (Wildman–Crippen MR) is 67.1 cm³/mol. The second-order valence-electron chi connectivity index (χ2n) is 6.15. The van der Waals surface area contributed by atoms with E-state index in [4.69, 9.17) is 9.47 Å². The van der Waals surface area contributed by atoms with Crippen LogP contribution in [0.25, 0.3) is 0 Å². The fraction of sp³-hybridized carbons (Fsp3) is 0.769. The number of ether oxygens (including phenoxy) is 2. The van der Waals surface area contributed by atoms with E-state index in [-0.39, 0.29) is 5.92 Å². The van der Waals surface area contributed by atoms with E-state index in [1.807, 2.05) is 6.92 Å². The van der Waals surface area contributed by atoms with Gasteiger partial charge in [-0.25, -0.2) is 4.79 Å². The minimum atomic E-state index is -1.55. The van der Waals surface area contributed by atoms with Crippen molar-refractivity contribution in [2.75, 3.05) is 6.61 Å². The number of fused-ring (bicyclic) bond motifs is 1. The molecule has 2 aliphatic heterocycles. The number of hydrogen-bond acceptors (Lipinski definition) is 5. The van der Waals surface area contributed by atoms with Gasteiger partial charge < -0.3 is 19.7 Å². The maximum Gasteiger partial charge on any atom is 0.413 e. The Kier molecular flexibility index (Phi) is 3.36. The number of nitrogens with zero attached hydrogens (tertiary/aromatic N) is 1. The van der Waals surface area contributed by atoms with Crippen LogP contribution in [-0.2, 0) is 9.47 Å². The zero-order chi connectivity index (χ0) is 14.4. The van der Waals surface area contributed by atoms with Gasteiger partial charge >= 0.3 is 6.09 Å². The number of carbonyl (C=O) groups excluding carboxylic acids is 1. The molecule has 1 fully saturated rings. The number of rotatable bonds is 0. The molecule has 2 rings (SSSR count). The van der Waals surface area contributed by atoms with E-state index in [0.717, 1.165) is 4.90 Å². The molecule has 6 heteroatoms. The van der Waals surface area contributed by atoms with E-state index >= 15 is 0 Å². The largest absolute Gasteiger partial charge is 0.444 e. The molecule has 108 valence electrons. The van der Waals surface area contributed by atoms with Crippen molar-refractivity contribution in [3.8, 4) is 0 Å². The van der Waals surface area contributed by atoms with E-state index in [1.165, 1.54) is 12.2 Å². The van der Waals surface area contributed by atoms with Crippen LogP contribution in [0.1, 0.15) is 27.7 Å². The van der Waals surface area contributed by atoms with Gasteiger partial charge in [-0.15, -0.1) is 0 Å². The van der Waals surface area contributed by atoms with Gasteiger partial charge in [0, 0.05) is 5.92 Å². The smallest absolute Gasteiger partial charge is 0.413 e. The Morgan fingerprint density at radius 2 is 2.16 bits per heavy atom. The Balaban J connectivity index is 2.27. The first-order valence-electron chi connectivity index (χ1n) is 6.39. The number of amides is 1. The van der Waals surface area contributed by atoms with Gasteiger partial charge in [-0.05, 0) is 32.9 Å². The van der Waals surface area contributed by atoms with E-state index < -0.39 is 29.8 Å². The first kappa shape index (κ1) is 14.3. The lowest BCUT2D eigenvalue weighted by Gasteiger charge is -2.42. The summed E-state index contributed by atoms with van der Waals surface area (Å²) in [5, 5.41) is 20.3. The van der Waals surface area contributed by atoms with Crippen LogP contribution in [-0.4, -0.2) is 51.5 Å². The third-order valence-electron chi connectivity index (χ3n) is 3.24. The first-order chi connectivity index (χ1) is 8.64. The van der Waals surface area contributed by atoms with Gasteiger partial charge in [-0.1, -0.05) is 6.92 Å². The minimum absolute atomic E-state index is 0.0999. The fourth-order valence-corrected chi connectivity index (χ4v) is 2.49. The quantitative estimate of drug-likeness (QED) is 0.638. The molecule has 1 amide bonds. The summed E-state index contributed by atoms with van der Waals surface area (Å²) in [6.07, 6.45) is 0.944. The second-order valence-corrected chi connectivity index (χ2v) is 6.15. The second kappa shape index (κ2) is 4.47.